The summed E-state index contributed by atoms with van der Waals surface area (Å²) < 4.78 is 10.9. The highest BCUT2D eigenvalue weighted by atomic mass is 16.5. The largest absolute Gasteiger partial charge is 0.482 e. The van der Waals surface area contributed by atoms with Crippen LogP contribution in [-0.2, 0) is 25.7 Å². The van der Waals surface area contributed by atoms with Crippen LogP contribution in [0.5, 0.6) is 5.75 Å². The summed E-state index contributed by atoms with van der Waals surface area (Å²) in [5.74, 6) is -1.12. The number of amides is 4. The summed E-state index contributed by atoms with van der Waals surface area (Å²) in [6, 6.07) is 10.8. The van der Waals surface area contributed by atoms with Crippen LogP contribution >= 0.6 is 0 Å². The van der Waals surface area contributed by atoms with Crippen molar-refractivity contribution in [3.8, 4) is 16.9 Å². The Balaban J connectivity index is 1.29. The first-order valence-corrected chi connectivity index (χ1v) is 12.3. The minimum Gasteiger partial charge on any atom is -0.482 e. The van der Waals surface area contributed by atoms with Gasteiger partial charge in [0.05, 0.1) is 17.9 Å². The van der Waals surface area contributed by atoms with Crippen LogP contribution in [0.25, 0.3) is 11.1 Å². The molecule has 0 saturated carbocycles. The summed E-state index contributed by atoms with van der Waals surface area (Å²) in [6.07, 6.45) is 1.42. The Morgan fingerprint density at radius 3 is 2.61 bits per heavy atom. The van der Waals surface area contributed by atoms with Crippen molar-refractivity contribution in [2.75, 3.05) is 32.2 Å². The fraction of sp³-hybridized carbons (Fsp3) is 0.286. The molecule has 0 aliphatic carbocycles. The van der Waals surface area contributed by atoms with Crippen LogP contribution in [-0.4, -0.2) is 66.3 Å². The first kappa shape index (κ1) is 25.2. The molecule has 4 amide bonds. The minimum absolute atomic E-state index is 0.00597. The molecule has 3 aliphatic heterocycles. The van der Waals surface area contributed by atoms with Crippen molar-refractivity contribution in [1.82, 2.24) is 15.1 Å². The van der Waals surface area contributed by atoms with Gasteiger partial charge in [0.15, 0.2) is 6.61 Å². The fourth-order valence-corrected chi connectivity index (χ4v) is 4.90. The Labute approximate surface area is 219 Å². The van der Waals surface area contributed by atoms with Crippen LogP contribution in [0.15, 0.2) is 61.0 Å². The highest BCUT2D eigenvalue weighted by Crippen LogP contribution is 2.38. The normalized spacial score (nSPS) is 16.6. The molecule has 196 valence electrons. The molecule has 0 atom stereocenters. The molecular weight excluding hydrogens is 488 g/mol. The van der Waals surface area contributed by atoms with Gasteiger partial charge in [0.25, 0.3) is 23.6 Å². The second-order valence-electron chi connectivity index (χ2n) is 9.41. The quantitative estimate of drug-likeness (QED) is 0.570. The van der Waals surface area contributed by atoms with Crippen molar-refractivity contribution >= 4 is 29.3 Å². The molecule has 1 fully saturated rings. The maximum Gasteiger partial charge on any atom is 0.271 e. The lowest BCUT2D eigenvalue weighted by Gasteiger charge is -2.31. The lowest BCUT2D eigenvalue weighted by atomic mass is 9.96. The Morgan fingerprint density at radius 1 is 1.11 bits per heavy atom. The maximum atomic E-state index is 13.2. The van der Waals surface area contributed by atoms with Crippen molar-refractivity contribution in [2.45, 2.75) is 25.4 Å². The number of benzene rings is 2. The average Bonchev–Trinajstić information content (AvgIpc) is 3.28. The molecule has 10 heteroatoms. The van der Waals surface area contributed by atoms with E-state index >= 15 is 0 Å². The van der Waals surface area contributed by atoms with Crippen molar-refractivity contribution < 1.29 is 28.7 Å². The van der Waals surface area contributed by atoms with Crippen LogP contribution in [0.2, 0.25) is 0 Å². The molecule has 0 bridgehead atoms. The van der Waals surface area contributed by atoms with Crippen LogP contribution in [0.3, 0.4) is 0 Å². The third-order valence-electron chi connectivity index (χ3n) is 7.06. The van der Waals surface area contributed by atoms with E-state index in [1.165, 1.54) is 4.90 Å². The molecule has 1 saturated heterocycles. The smallest absolute Gasteiger partial charge is 0.271 e. The molecule has 38 heavy (non-hydrogen) atoms. The summed E-state index contributed by atoms with van der Waals surface area (Å²) in [5.41, 5.74) is 3.20. The average molecular weight is 517 g/mol. The van der Waals surface area contributed by atoms with Crippen LogP contribution in [0.4, 0.5) is 5.69 Å². The number of hydrogen-bond donors (Lipinski definition) is 2. The minimum atomic E-state index is -0.677. The van der Waals surface area contributed by atoms with Crippen molar-refractivity contribution in [3.63, 3.8) is 0 Å². The van der Waals surface area contributed by atoms with Gasteiger partial charge in [-0.15, -0.1) is 0 Å². The summed E-state index contributed by atoms with van der Waals surface area (Å²) in [6.45, 7) is 8.79. The van der Waals surface area contributed by atoms with Gasteiger partial charge in [-0.1, -0.05) is 31.4 Å². The molecule has 0 radical (unpaired) electrons. The Bertz CT molecular complexity index is 1380. The molecule has 0 unspecified atom stereocenters. The summed E-state index contributed by atoms with van der Waals surface area (Å²) in [7, 11) is 1.67. The van der Waals surface area contributed by atoms with Crippen LogP contribution < -0.4 is 15.4 Å². The number of anilines is 1. The second kappa shape index (κ2) is 10.1. The fourth-order valence-electron chi connectivity index (χ4n) is 4.90. The molecule has 0 spiro atoms. The number of rotatable bonds is 6. The topological polar surface area (TPSA) is 117 Å². The molecule has 3 aliphatic rings. The molecule has 3 heterocycles. The molecule has 2 aromatic carbocycles. The van der Waals surface area contributed by atoms with Gasteiger partial charge in [-0.2, -0.15) is 0 Å². The number of hydrogen-bond acceptors (Lipinski definition) is 6. The second-order valence-corrected chi connectivity index (χ2v) is 9.41. The number of fused-ring (bicyclic) bond motifs is 2. The molecule has 5 rings (SSSR count). The SMILES string of the molecule is C=C(NC(=O)C(=C)N1Cc2c(cccc2-c2ccc3c(c2)OCC(=O)N3)C1=O)C(=O)N(C)C1CCOCC1. The van der Waals surface area contributed by atoms with Crippen molar-refractivity contribution in [3.05, 3.63) is 72.1 Å². The molecule has 0 aromatic heterocycles. The molecule has 2 N–H and O–H groups in total. The van der Waals surface area contributed by atoms with E-state index in [0.717, 1.165) is 16.7 Å². The monoisotopic (exact) mass is 516 g/mol. The van der Waals surface area contributed by atoms with Gasteiger partial charge in [0.2, 0.25) is 0 Å². The van der Waals surface area contributed by atoms with Gasteiger partial charge in [0.1, 0.15) is 11.4 Å². The van der Waals surface area contributed by atoms with Gasteiger partial charge in [-0.25, -0.2) is 0 Å². The molecule has 10 nitrogen and oxygen atoms in total. The lowest BCUT2D eigenvalue weighted by molar-refractivity contribution is -0.131. The van der Waals surface area contributed by atoms with E-state index in [2.05, 4.69) is 23.8 Å². The van der Waals surface area contributed by atoms with E-state index in [1.54, 1.807) is 30.1 Å². The number of ether oxygens (including phenoxy) is 2. The van der Waals surface area contributed by atoms with Crippen LogP contribution in [0.1, 0.15) is 28.8 Å². The van der Waals surface area contributed by atoms with Gasteiger partial charge in [-0.3, -0.25) is 24.1 Å². The Kier molecular flexibility index (Phi) is 6.73. The van der Waals surface area contributed by atoms with Gasteiger partial charge < -0.3 is 25.0 Å². The standard InChI is InChI=1S/C28H28N4O6/c1-16(27(35)31(3)19-9-11-37-12-10-19)29-26(34)17(2)32-14-22-20(5-4-6-21(22)28(32)36)18-7-8-23-24(13-18)38-15-25(33)30-23/h4-8,13,19H,1-2,9-12,14-15H2,3H3,(H,29,34)(H,30,33). The number of likely N-dealkylation sites (N-methyl/N-ethyl adjacent to an activating group) is 1. The zero-order chi connectivity index (χ0) is 27.0. The van der Waals surface area contributed by atoms with Gasteiger partial charge >= 0.3 is 0 Å². The zero-order valence-electron chi connectivity index (χ0n) is 21.0. The number of nitrogens with one attached hydrogen (secondary N) is 2. The van der Waals surface area contributed by atoms with Gasteiger partial charge in [0, 0.05) is 31.9 Å². The van der Waals surface area contributed by atoms with E-state index in [4.69, 9.17) is 9.47 Å². The van der Waals surface area contributed by atoms with Crippen LogP contribution in [0, 0.1) is 0 Å². The summed E-state index contributed by atoms with van der Waals surface area (Å²) >= 11 is 0. The molecular formula is C28H28N4O6. The maximum absolute atomic E-state index is 13.2. The third kappa shape index (κ3) is 4.66. The summed E-state index contributed by atoms with van der Waals surface area (Å²) in [5, 5.41) is 5.27. The van der Waals surface area contributed by atoms with E-state index < -0.39 is 11.8 Å². The Morgan fingerprint density at radius 2 is 1.84 bits per heavy atom. The molecule has 2 aromatic rings. The van der Waals surface area contributed by atoms with E-state index in [9.17, 15) is 19.2 Å². The van der Waals surface area contributed by atoms with Crippen molar-refractivity contribution in [2.24, 2.45) is 0 Å². The van der Waals surface area contributed by atoms with Gasteiger partial charge in [-0.05, 0) is 47.7 Å². The Hall–Kier alpha value is -4.44. The number of carbonyl (C=O) groups is 4. The summed E-state index contributed by atoms with van der Waals surface area (Å²) in [4.78, 5) is 53.5. The van der Waals surface area contributed by atoms with E-state index in [0.29, 0.717) is 43.1 Å². The van der Waals surface area contributed by atoms with Crippen molar-refractivity contribution in [1.29, 1.82) is 0 Å². The van der Waals surface area contributed by atoms with E-state index in [-0.39, 0.29) is 42.4 Å². The predicted octanol–water partition coefficient (Wildman–Crippen LogP) is 2.42. The first-order valence-electron chi connectivity index (χ1n) is 12.3. The van der Waals surface area contributed by atoms with E-state index in [1.807, 2.05) is 18.2 Å². The number of carbonyl (C=O) groups excluding carboxylic acids is 4. The highest BCUT2D eigenvalue weighted by molar-refractivity contribution is 6.08. The highest BCUT2D eigenvalue weighted by Gasteiger charge is 2.34. The predicted molar refractivity (Wildman–Crippen MR) is 139 cm³/mol. The number of nitrogens with zero attached hydrogens (tertiary/aromatic N) is 2. The lowest BCUT2D eigenvalue weighted by Crippen LogP contribution is -2.44. The first-order chi connectivity index (χ1) is 18.2. The zero-order valence-corrected chi connectivity index (χ0v) is 21.0. The third-order valence-corrected chi connectivity index (χ3v) is 7.06.